The number of benzene rings is 2. The number of hydrogen-bond donors (Lipinski definition) is 2. The zero-order valence-electron chi connectivity index (χ0n) is 15.6. The van der Waals surface area contributed by atoms with Crippen molar-refractivity contribution in [3.8, 4) is 11.5 Å². The molecule has 3 rings (SSSR count). The Morgan fingerprint density at radius 1 is 1.21 bits per heavy atom. The molecule has 0 aliphatic rings. The number of nitrogens with zero attached hydrogens (tertiary/aromatic N) is 2. The fraction of sp³-hybridized carbons (Fsp3) is 0.238. The van der Waals surface area contributed by atoms with Gasteiger partial charge in [0.1, 0.15) is 22.9 Å². The quantitative estimate of drug-likeness (QED) is 0.613. The van der Waals surface area contributed by atoms with Gasteiger partial charge in [-0.15, -0.1) is 0 Å². The van der Waals surface area contributed by atoms with Gasteiger partial charge >= 0.3 is 5.97 Å². The monoisotopic (exact) mass is 400 g/mol. The molecule has 28 heavy (non-hydrogen) atoms. The fourth-order valence-electron chi connectivity index (χ4n) is 3.20. The lowest BCUT2D eigenvalue weighted by Crippen LogP contribution is -2.10. The highest BCUT2D eigenvalue weighted by Crippen LogP contribution is 2.37. The standard InChI is InChI=1S/C21H21ClN2O4/c1-13-4-3-5-14(10-13)12-24-9-8-23-18(24)7-6-15-19(21(27)28-2)16(25)11-17(26)20(15)22/h3-5,8-11,25-26H,6-7,12H2,1-2H3. The van der Waals surface area contributed by atoms with E-state index in [2.05, 4.69) is 17.1 Å². The van der Waals surface area contributed by atoms with Crippen molar-refractivity contribution >= 4 is 17.6 Å². The Labute approximate surface area is 168 Å². The molecular formula is C21H21ClN2O4. The largest absolute Gasteiger partial charge is 0.507 e. The molecule has 1 aromatic heterocycles. The smallest absolute Gasteiger partial charge is 0.341 e. The summed E-state index contributed by atoms with van der Waals surface area (Å²) in [6.07, 6.45) is 4.37. The Bertz CT molecular complexity index is 1010. The van der Waals surface area contributed by atoms with Crippen molar-refractivity contribution in [1.29, 1.82) is 0 Å². The second-order valence-electron chi connectivity index (χ2n) is 6.53. The summed E-state index contributed by atoms with van der Waals surface area (Å²) in [5, 5.41) is 20.0. The Morgan fingerprint density at radius 3 is 2.71 bits per heavy atom. The van der Waals surface area contributed by atoms with Gasteiger partial charge in [0.2, 0.25) is 0 Å². The van der Waals surface area contributed by atoms with E-state index in [0.29, 0.717) is 24.9 Å². The Kier molecular flexibility index (Phi) is 5.90. The van der Waals surface area contributed by atoms with Gasteiger partial charge in [-0.05, 0) is 24.5 Å². The summed E-state index contributed by atoms with van der Waals surface area (Å²) >= 11 is 6.20. The lowest BCUT2D eigenvalue weighted by atomic mass is 10.0. The number of esters is 1. The molecule has 6 nitrogen and oxygen atoms in total. The molecule has 0 fully saturated rings. The third-order valence-corrected chi connectivity index (χ3v) is 4.97. The van der Waals surface area contributed by atoms with Gasteiger partial charge in [0.05, 0.1) is 12.1 Å². The number of halogens is 1. The highest BCUT2D eigenvalue weighted by atomic mass is 35.5. The molecule has 0 saturated heterocycles. The molecule has 3 aromatic rings. The predicted octanol–water partition coefficient (Wildman–Crippen LogP) is 3.88. The van der Waals surface area contributed by atoms with Crippen LogP contribution in [0.25, 0.3) is 0 Å². The van der Waals surface area contributed by atoms with E-state index in [4.69, 9.17) is 16.3 Å². The number of aromatic nitrogens is 2. The number of carbonyl (C=O) groups excluding carboxylic acids is 1. The van der Waals surface area contributed by atoms with E-state index in [1.54, 1.807) is 6.20 Å². The van der Waals surface area contributed by atoms with Crippen LogP contribution in [0.4, 0.5) is 0 Å². The van der Waals surface area contributed by atoms with Crippen molar-refractivity contribution in [2.24, 2.45) is 0 Å². The molecule has 0 unspecified atom stereocenters. The van der Waals surface area contributed by atoms with Gasteiger partial charge in [0.15, 0.2) is 0 Å². The topological polar surface area (TPSA) is 84.6 Å². The van der Waals surface area contributed by atoms with Crippen molar-refractivity contribution in [2.75, 3.05) is 7.11 Å². The summed E-state index contributed by atoms with van der Waals surface area (Å²) in [5.41, 5.74) is 2.63. The highest BCUT2D eigenvalue weighted by molar-refractivity contribution is 6.33. The van der Waals surface area contributed by atoms with Gasteiger partial charge in [0, 0.05) is 31.4 Å². The van der Waals surface area contributed by atoms with Gasteiger partial charge in [0.25, 0.3) is 0 Å². The van der Waals surface area contributed by atoms with E-state index < -0.39 is 5.97 Å². The van der Waals surface area contributed by atoms with Crippen LogP contribution in [0, 0.1) is 6.92 Å². The molecule has 0 saturated carbocycles. The zero-order valence-corrected chi connectivity index (χ0v) is 16.4. The van der Waals surface area contributed by atoms with Gasteiger partial charge < -0.3 is 19.5 Å². The normalized spacial score (nSPS) is 10.8. The summed E-state index contributed by atoms with van der Waals surface area (Å²) in [5.74, 6) is -0.564. The number of aromatic hydroxyl groups is 2. The number of methoxy groups -OCH3 is 1. The SMILES string of the molecule is COC(=O)c1c(O)cc(O)c(Cl)c1CCc1nccn1Cc1cccc(C)c1. The van der Waals surface area contributed by atoms with E-state index >= 15 is 0 Å². The summed E-state index contributed by atoms with van der Waals surface area (Å²) in [6.45, 7) is 2.71. The molecule has 0 aliphatic carbocycles. The second-order valence-corrected chi connectivity index (χ2v) is 6.91. The number of imidazole rings is 1. The van der Waals surface area contributed by atoms with Gasteiger partial charge in [-0.25, -0.2) is 9.78 Å². The molecule has 0 aliphatic heterocycles. The Hall–Kier alpha value is -2.99. The summed E-state index contributed by atoms with van der Waals surface area (Å²) < 4.78 is 6.76. The third kappa shape index (κ3) is 4.12. The van der Waals surface area contributed by atoms with Crippen molar-refractivity contribution in [2.45, 2.75) is 26.3 Å². The van der Waals surface area contributed by atoms with Crippen LogP contribution in [0.15, 0.2) is 42.7 Å². The number of hydrogen-bond acceptors (Lipinski definition) is 5. The zero-order chi connectivity index (χ0) is 20.3. The van der Waals surface area contributed by atoms with Crippen LogP contribution >= 0.6 is 11.6 Å². The van der Waals surface area contributed by atoms with Crippen LogP contribution in [0.1, 0.15) is 32.9 Å². The molecule has 0 amide bonds. The average Bonchev–Trinajstić information content (AvgIpc) is 3.09. The van der Waals surface area contributed by atoms with Gasteiger partial charge in [-0.1, -0.05) is 41.4 Å². The van der Waals surface area contributed by atoms with Crippen LogP contribution in [-0.4, -0.2) is 32.8 Å². The van der Waals surface area contributed by atoms with Gasteiger partial charge in [-0.2, -0.15) is 0 Å². The lowest BCUT2D eigenvalue weighted by Gasteiger charge is -2.14. The number of rotatable bonds is 6. The molecule has 0 atom stereocenters. The average molecular weight is 401 g/mol. The van der Waals surface area contributed by atoms with Crippen molar-refractivity contribution in [3.05, 3.63) is 75.8 Å². The number of ether oxygens (including phenoxy) is 1. The molecular weight excluding hydrogens is 380 g/mol. The van der Waals surface area contributed by atoms with Crippen LogP contribution in [-0.2, 0) is 24.1 Å². The molecule has 2 N–H and O–H groups in total. The maximum absolute atomic E-state index is 12.1. The number of carbonyl (C=O) groups is 1. The van der Waals surface area contributed by atoms with E-state index in [1.807, 2.05) is 29.8 Å². The molecule has 2 aromatic carbocycles. The first-order valence-corrected chi connectivity index (χ1v) is 9.15. The van der Waals surface area contributed by atoms with Crippen LogP contribution < -0.4 is 0 Å². The second kappa shape index (κ2) is 8.35. The molecule has 1 heterocycles. The van der Waals surface area contributed by atoms with Crippen LogP contribution in [0.5, 0.6) is 11.5 Å². The molecule has 0 spiro atoms. The van der Waals surface area contributed by atoms with Gasteiger partial charge in [-0.3, -0.25) is 0 Å². The first kappa shape index (κ1) is 19.8. The van der Waals surface area contributed by atoms with E-state index in [0.717, 1.165) is 17.5 Å². The maximum atomic E-state index is 12.1. The molecule has 146 valence electrons. The maximum Gasteiger partial charge on any atom is 0.341 e. The number of phenols is 2. The lowest BCUT2D eigenvalue weighted by molar-refractivity contribution is 0.0596. The Morgan fingerprint density at radius 2 is 2.00 bits per heavy atom. The number of phenolic OH excluding ortho intramolecular Hbond substituents is 2. The van der Waals surface area contributed by atoms with Crippen LogP contribution in [0.3, 0.4) is 0 Å². The first-order chi connectivity index (χ1) is 13.4. The molecule has 0 radical (unpaired) electrons. The summed E-state index contributed by atoms with van der Waals surface area (Å²) in [7, 11) is 1.22. The van der Waals surface area contributed by atoms with E-state index in [-0.39, 0.29) is 22.1 Å². The van der Waals surface area contributed by atoms with Crippen molar-refractivity contribution < 1.29 is 19.7 Å². The first-order valence-electron chi connectivity index (χ1n) is 8.78. The van der Waals surface area contributed by atoms with Crippen LogP contribution in [0.2, 0.25) is 5.02 Å². The minimum absolute atomic E-state index is 0.0231. The van der Waals surface area contributed by atoms with E-state index in [9.17, 15) is 15.0 Å². The minimum atomic E-state index is -0.711. The minimum Gasteiger partial charge on any atom is -0.507 e. The molecule has 0 bridgehead atoms. The summed E-state index contributed by atoms with van der Waals surface area (Å²) in [4.78, 5) is 16.5. The fourth-order valence-corrected chi connectivity index (χ4v) is 3.45. The number of aryl methyl sites for hydroxylation is 2. The Balaban J connectivity index is 1.86. The predicted molar refractivity (Wildman–Crippen MR) is 106 cm³/mol. The summed E-state index contributed by atoms with van der Waals surface area (Å²) in [6, 6.07) is 9.26. The van der Waals surface area contributed by atoms with E-state index in [1.165, 1.54) is 12.7 Å². The van der Waals surface area contributed by atoms with Crippen molar-refractivity contribution in [1.82, 2.24) is 9.55 Å². The van der Waals surface area contributed by atoms with Crippen molar-refractivity contribution in [3.63, 3.8) is 0 Å². The third-order valence-electron chi connectivity index (χ3n) is 4.55. The molecule has 7 heteroatoms. The highest BCUT2D eigenvalue weighted by Gasteiger charge is 2.23.